The van der Waals surface area contributed by atoms with Crippen LogP contribution < -0.4 is 5.32 Å². The minimum atomic E-state index is 0.0593. The molecule has 1 heterocycles. The average molecular weight is 343 g/mol. The van der Waals surface area contributed by atoms with Crippen molar-refractivity contribution in [1.29, 1.82) is 0 Å². The Kier molecular flexibility index (Phi) is 6.54. The van der Waals surface area contributed by atoms with Crippen LogP contribution in [0.3, 0.4) is 0 Å². The van der Waals surface area contributed by atoms with Crippen molar-refractivity contribution in [2.24, 2.45) is 5.92 Å². The standard InChI is InChI=1S/C17H24Cl2N2O/c1-3-12(2)20-17(22)13-6-5-9-21(10-13)11-14-15(18)7-4-8-16(14)19/h4,7-8,12-13H,3,5-6,9-11H2,1-2H3,(H,20,22)/t12-,13-/m1/s1. The highest BCUT2D eigenvalue weighted by Crippen LogP contribution is 2.27. The SMILES string of the molecule is CC[C@@H](C)NC(=O)[C@@H]1CCCN(Cc2c(Cl)cccc2Cl)C1. The number of halogens is 2. The predicted octanol–water partition coefficient (Wildman–Crippen LogP) is 4.12. The summed E-state index contributed by atoms with van der Waals surface area (Å²) in [6, 6.07) is 5.81. The molecule has 0 aliphatic carbocycles. The molecule has 2 atom stereocenters. The topological polar surface area (TPSA) is 32.3 Å². The van der Waals surface area contributed by atoms with Gasteiger partial charge in [0.05, 0.1) is 5.92 Å². The second-order valence-corrected chi connectivity index (χ2v) is 6.91. The zero-order valence-corrected chi connectivity index (χ0v) is 14.8. The Bertz CT molecular complexity index is 501. The van der Waals surface area contributed by atoms with Crippen LogP contribution >= 0.6 is 23.2 Å². The van der Waals surface area contributed by atoms with E-state index in [1.807, 2.05) is 25.1 Å². The van der Waals surface area contributed by atoms with E-state index in [0.29, 0.717) is 16.6 Å². The van der Waals surface area contributed by atoms with E-state index in [1.165, 1.54) is 0 Å². The molecule has 0 aromatic heterocycles. The van der Waals surface area contributed by atoms with Crippen LogP contribution in [0, 0.1) is 5.92 Å². The number of piperidine rings is 1. The first kappa shape index (κ1) is 17.6. The minimum absolute atomic E-state index is 0.0593. The van der Waals surface area contributed by atoms with Crippen molar-refractivity contribution in [3.63, 3.8) is 0 Å². The molecule has 0 radical (unpaired) electrons. The number of benzene rings is 1. The van der Waals surface area contributed by atoms with Gasteiger partial charge >= 0.3 is 0 Å². The monoisotopic (exact) mass is 342 g/mol. The summed E-state index contributed by atoms with van der Waals surface area (Å²) in [6.45, 7) is 6.57. The van der Waals surface area contributed by atoms with Crippen molar-refractivity contribution in [1.82, 2.24) is 10.2 Å². The number of hydrogen-bond donors (Lipinski definition) is 1. The largest absolute Gasteiger partial charge is 0.353 e. The summed E-state index contributed by atoms with van der Waals surface area (Å²) >= 11 is 12.5. The molecule has 22 heavy (non-hydrogen) atoms. The molecule has 1 aromatic rings. The maximum atomic E-state index is 12.3. The fourth-order valence-corrected chi connectivity index (χ4v) is 3.30. The molecule has 3 nitrogen and oxygen atoms in total. The first-order valence-corrected chi connectivity index (χ1v) is 8.72. The molecule has 1 fully saturated rings. The van der Waals surface area contributed by atoms with Crippen LogP contribution in [0.25, 0.3) is 0 Å². The number of rotatable bonds is 5. The summed E-state index contributed by atoms with van der Waals surface area (Å²) in [5.41, 5.74) is 0.953. The molecule has 0 spiro atoms. The normalized spacial score (nSPS) is 20.6. The number of carbonyl (C=O) groups is 1. The van der Waals surface area contributed by atoms with Gasteiger partial charge in [-0.25, -0.2) is 0 Å². The minimum Gasteiger partial charge on any atom is -0.353 e. The van der Waals surface area contributed by atoms with E-state index >= 15 is 0 Å². The molecule has 1 saturated heterocycles. The number of nitrogens with zero attached hydrogens (tertiary/aromatic N) is 1. The molecule has 122 valence electrons. The second kappa shape index (κ2) is 8.19. The highest BCUT2D eigenvalue weighted by atomic mass is 35.5. The summed E-state index contributed by atoms with van der Waals surface area (Å²) in [6.07, 6.45) is 2.94. The average Bonchev–Trinajstić information content (AvgIpc) is 2.51. The Morgan fingerprint density at radius 2 is 2.09 bits per heavy atom. The van der Waals surface area contributed by atoms with Gasteiger partial charge in [-0.05, 0) is 44.9 Å². The fraction of sp³-hybridized carbons (Fsp3) is 0.588. The number of amides is 1. The highest BCUT2D eigenvalue weighted by Gasteiger charge is 2.27. The Morgan fingerprint density at radius 1 is 1.41 bits per heavy atom. The van der Waals surface area contributed by atoms with Crippen molar-refractivity contribution in [2.75, 3.05) is 13.1 Å². The highest BCUT2D eigenvalue weighted by molar-refractivity contribution is 6.35. The molecule has 0 unspecified atom stereocenters. The zero-order chi connectivity index (χ0) is 16.1. The third kappa shape index (κ3) is 4.61. The van der Waals surface area contributed by atoms with Crippen LogP contribution in [-0.4, -0.2) is 29.9 Å². The Morgan fingerprint density at radius 3 is 2.73 bits per heavy atom. The van der Waals surface area contributed by atoms with Gasteiger partial charge in [-0.15, -0.1) is 0 Å². The maximum Gasteiger partial charge on any atom is 0.224 e. The maximum absolute atomic E-state index is 12.3. The van der Waals surface area contributed by atoms with E-state index in [9.17, 15) is 4.79 Å². The Labute approximate surface area is 143 Å². The van der Waals surface area contributed by atoms with Gasteiger partial charge in [-0.3, -0.25) is 9.69 Å². The Balaban J connectivity index is 1.97. The van der Waals surface area contributed by atoms with E-state index in [1.54, 1.807) is 0 Å². The van der Waals surface area contributed by atoms with Gasteiger partial charge in [0.1, 0.15) is 0 Å². The number of carbonyl (C=O) groups excluding carboxylic acids is 1. The fourth-order valence-electron chi connectivity index (χ4n) is 2.78. The van der Waals surface area contributed by atoms with Crippen LogP contribution in [0.1, 0.15) is 38.7 Å². The summed E-state index contributed by atoms with van der Waals surface area (Å²) in [4.78, 5) is 14.6. The van der Waals surface area contributed by atoms with Crippen molar-refractivity contribution in [3.05, 3.63) is 33.8 Å². The van der Waals surface area contributed by atoms with Crippen molar-refractivity contribution >= 4 is 29.1 Å². The van der Waals surface area contributed by atoms with Gasteiger partial charge in [-0.1, -0.05) is 36.2 Å². The third-order valence-corrected chi connectivity index (χ3v) is 5.03. The lowest BCUT2D eigenvalue weighted by Gasteiger charge is -2.33. The van der Waals surface area contributed by atoms with Gasteiger partial charge in [0.2, 0.25) is 5.91 Å². The first-order valence-electron chi connectivity index (χ1n) is 7.96. The zero-order valence-electron chi connectivity index (χ0n) is 13.2. The molecule has 1 aliphatic rings. The van der Waals surface area contributed by atoms with Crippen LogP contribution in [0.5, 0.6) is 0 Å². The van der Waals surface area contributed by atoms with Gasteiger partial charge in [-0.2, -0.15) is 0 Å². The van der Waals surface area contributed by atoms with Crippen LogP contribution in [0.4, 0.5) is 0 Å². The lowest BCUT2D eigenvalue weighted by molar-refractivity contribution is -0.127. The summed E-state index contributed by atoms with van der Waals surface area (Å²) in [5, 5.41) is 4.48. The van der Waals surface area contributed by atoms with Crippen LogP contribution in [0.2, 0.25) is 10.0 Å². The number of likely N-dealkylation sites (tertiary alicyclic amines) is 1. The van der Waals surface area contributed by atoms with E-state index in [-0.39, 0.29) is 17.9 Å². The predicted molar refractivity (Wildman–Crippen MR) is 92.4 cm³/mol. The smallest absolute Gasteiger partial charge is 0.224 e. The molecule has 1 aromatic carbocycles. The van der Waals surface area contributed by atoms with Gasteiger partial charge in [0.25, 0.3) is 0 Å². The van der Waals surface area contributed by atoms with E-state index < -0.39 is 0 Å². The molecular formula is C17H24Cl2N2O. The van der Waals surface area contributed by atoms with Crippen LogP contribution in [0.15, 0.2) is 18.2 Å². The van der Waals surface area contributed by atoms with Gasteiger partial charge in [0, 0.05) is 34.7 Å². The second-order valence-electron chi connectivity index (χ2n) is 6.09. The number of hydrogen-bond acceptors (Lipinski definition) is 2. The lowest BCUT2D eigenvalue weighted by Crippen LogP contribution is -2.44. The molecule has 1 amide bonds. The van der Waals surface area contributed by atoms with Gasteiger partial charge < -0.3 is 5.32 Å². The molecule has 1 aliphatic heterocycles. The summed E-state index contributed by atoms with van der Waals surface area (Å²) < 4.78 is 0. The molecular weight excluding hydrogens is 319 g/mol. The lowest BCUT2D eigenvalue weighted by atomic mass is 9.96. The number of nitrogens with one attached hydrogen (secondary N) is 1. The third-order valence-electron chi connectivity index (χ3n) is 4.32. The van der Waals surface area contributed by atoms with E-state index in [0.717, 1.165) is 37.9 Å². The van der Waals surface area contributed by atoms with Crippen molar-refractivity contribution in [3.8, 4) is 0 Å². The molecule has 2 rings (SSSR count). The molecule has 1 N–H and O–H groups in total. The van der Waals surface area contributed by atoms with E-state index in [2.05, 4.69) is 17.1 Å². The van der Waals surface area contributed by atoms with Crippen LogP contribution in [-0.2, 0) is 11.3 Å². The first-order chi connectivity index (χ1) is 10.5. The summed E-state index contributed by atoms with van der Waals surface area (Å²) in [5.74, 6) is 0.230. The molecule has 0 saturated carbocycles. The van der Waals surface area contributed by atoms with E-state index in [4.69, 9.17) is 23.2 Å². The van der Waals surface area contributed by atoms with Crippen molar-refractivity contribution in [2.45, 2.75) is 45.7 Å². The molecule has 5 heteroatoms. The summed E-state index contributed by atoms with van der Waals surface area (Å²) in [7, 11) is 0. The Hall–Kier alpha value is -0.770. The van der Waals surface area contributed by atoms with Gasteiger partial charge in [0.15, 0.2) is 0 Å². The molecule has 0 bridgehead atoms. The van der Waals surface area contributed by atoms with Crippen molar-refractivity contribution < 1.29 is 4.79 Å². The quantitative estimate of drug-likeness (QED) is 0.872.